The van der Waals surface area contributed by atoms with Crippen molar-refractivity contribution in [2.75, 3.05) is 19.0 Å². The van der Waals surface area contributed by atoms with E-state index in [2.05, 4.69) is 21.2 Å². The van der Waals surface area contributed by atoms with Gasteiger partial charge < -0.3 is 14.8 Å². The number of nitriles is 1. The number of methoxy groups -OCH3 is 1. The van der Waals surface area contributed by atoms with Crippen molar-refractivity contribution >= 4 is 39.2 Å². The third-order valence-corrected chi connectivity index (χ3v) is 4.84. The number of anilines is 1. The molecule has 0 heterocycles. The number of rotatable bonds is 7. The zero-order chi connectivity index (χ0) is 22.2. The number of carbonyl (C=O) groups is 1. The van der Waals surface area contributed by atoms with Crippen LogP contribution in [-0.4, -0.2) is 19.6 Å². The molecule has 0 saturated carbocycles. The molecule has 1 amide bonds. The molecule has 7 heteroatoms. The van der Waals surface area contributed by atoms with Crippen LogP contribution < -0.4 is 14.8 Å². The molecule has 0 aliphatic rings. The Hall–Kier alpha value is -3.63. The molecule has 0 atom stereocenters. The second-order valence-corrected chi connectivity index (χ2v) is 7.24. The molecule has 1 N–H and O–H groups in total. The summed E-state index contributed by atoms with van der Waals surface area (Å²) >= 11 is 3.42. The van der Waals surface area contributed by atoms with E-state index < -0.39 is 5.82 Å². The molecule has 0 aliphatic carbocycles. The Morgan fingerprint density at radius 3 is 2.55 bits per heavy atom. The van der Waals surface area contributed by atoms with E-state index in [1.807, 2.05) is 24.3 Å². The highest BCUT2D eigenvalue weighted by Gasteiger charge is 2.14. The second-order valence-electron chi connectivity index (χ2n) is 6.39. The number of carbonyl (C=O) groups excluding carboxylic acids is 1. The van der Waals surface area contributed by atoms with Crippen molar-refractivity contribution in [1.29, 1.82) is 5.26 Å². The largest absolute Gasteiger partial charge is 0.493 e. The first-order valence-electron chi connectivity index (χ1n) is 9.23. The van der Waals surface area contributed by atoms with Gasteiger partial charge in [0.1, 0.15) is 5.82 Å². The molecule has 0 bridgehead atoms. The quantitative estimate of drug-likeness (QED) is 0.348. The summed E-state index contributed by atoms with van der Waals surface area (Å²) < 4.78 is 25.6. The number of ether oxygens (including phenoxy) is 2. The van der Waals surface area contributed by atoms with Gasteiger partial charge >= 0.3 is 0 Å². The Labute approximate surface area is 187 Å². The standard InChI is InChI=1S/C24H18BrFN2O3/c1-30-22-13-16(11-17(14-27)19-9-5-6-10-21(19)26)12-20(25)24(22)31-15-23(29)28-18-7-3-2-4-8-18/h2-13H,15H2,1H3,(H,28,29). The molecule has 156 valence electrons. The van der Waals surface area contributed by atoms with Crippen molar-refractivity contribution in [2.45, 2.75) is 0 Å². The highest BCUT2D eigenvalue weighted by molar-refractivity contribution is 9.10. The molecular formula is C24H18BrFN2O3. The summed E-state index contributed by atoms with van der Waals surface area (Å²) in [5.41, 5.74) is 1.64. The minimum atomic E-state index is -0.481. The molecule has 3 rings (SSSR count). The average Bonchev–Trinajstić information content (AvgIpc) is 2.77. The first-order chi connectivity index (χ1) is 15.0. The van der Waals surface area contributed by atoms with E-state index in [0.717, 1.165) is 0 Å². The third-order valence-electron chi connectivity index (χ3n) is 4.25. The maximum absolute atomic E-state index is 14.1. The number of amides is 1. The summed E-state index contributed by atoms with van der Waals surface area (Å²) in [6.07, 6.45) is 1.55. The Morgan fingerprint density at radius 1 is 1.16 bits per heavy atom. The van der Waals surface area contributed by atoms with Crippen LogP contribution in [0.15, 0.2) is 71.2 Å². The molecule has 0 saturated heterocycles. The fourth-order valence-electron chi connectivity index (χ4n) is 2.84. The maximum Gasteiger partial charge on any atom is 0.262 e. The molecule has 31 heavy (non-hydrogen) atoms. The molecule has 5 nitrogen and oxygen atoms in total. The number of benzene rings is 3. The van der Waals surface area contributed by atoms with Crippen molar-refractivity contribution in [3.05, 3.63) is 88.1 Å². The molecule has 0 spiro atoms. The number of nitrogens with one attached hydrogen (secondary N) is 1. The van der Waals surface area contributed by atoms with Crippen LogP contribution in [0.5, 0.6) is 11.5 Å². The topological polar surface area (TPSA) is 71.3 Å². The van der Waals surface area contributed by atoms with E-state index >= 15 is 0 Å². The molecule has 0 fully saturated rings. The van der Waals surface area contributed by atoms with Crippen LogP contribution in [0.25, 0.3) is 11.6 Å². The summed E-state index contributed by atoms with van der Waals surface area (Å²) in [6.45, 7) is -0.224. The monoisotopic (exact) mass is 480 g/mol. The van der Waals surface area contributed by atoms with Gasteiger partial charge in [0.15, 0.2) is 18.1 Å². The molecule has 0 radical (unpaired) electrons. The van der Waals surface area contributed by atoms with Gasteiger partial charge in [-0.05, 0) is 57.9 Å². The zero-order valence-corrected chi connectivity index (χ0v) is 18.1. The van der Waals surface area contributed by atoms with E-state index in [4.69, 9.17) is 9.47 Å². The molecule has 0 unspecified atom stereocenters. The van der Waals surface area contributed by atoms with E-state index in [1.54, 1.807) is 48.5 Å². The summed E-state index contributed by atoms with van der Waals surface area (Å²) in [5, 5.41) is 12.2. The number of hydrogen-bond donors (Lipinski definition) is 1. The van der Waals surface area contributed by atoms with Crippen molar-refractivity contribution < 1.29 is 18.7 Å². The van der Waals surface area contributed by atoms with E-state index in [9.17, 15) is 14.4 Å². The number of allylic oxidation sites excluding steroid dienone is 1. The van der Waals surface area contributed by atoms with Crippen molar-refractivity contribution in [2.24, 2.45) is 0 Å². The number of para-hydroxylation sites is 1. The van der Waals surface area contributed by atoms with Gasteiger partial charge in [-0.1, -0.05) is 36.4 Å². The Bertz CT molecular complexity index is 1160. The highest BCUT2D eigenvalue weighted by atomic mass is 79.9. The maximum atomic E-state index is 14.1. The van der Waals surface area contributed by atoms with Crippen LogP contribution in [0.3, 0.4) is 0 Å². The Kier molecular flexibility index (Phi) is 7.41. The number of halogens is 2. The molecular weight excluding hydrogens is 463 g/mol. The molecule has 0 aliphatic heterocycles. The Balaban J connectivity index is 1.81. The minimum absolute atomic E-state index is 0.169. The average molecular weight is 481 g/mol. The predicted octanol–water partition coefficient (Wildman–Crippen LogP) is 5.68. The van der Waals surface area contributed by atoms with Crippen LogP contribution in [-0.2, 0) is 4.79 Å². The lowest BCUT2D eigenvalue weighted by Gasteiger charge is -2.14. The van der Waals surface area contributed by atoms with Gasteiger partial charge in [-0.15, -0.1) is 0 Å². The van der Waals surface area contributed by atoms with Gasteiger partial charge in [-0.25, -0.2) is 4.39 Å². The SMILES string of the molecule is COc1cc(C=C(C#N)c2ccccc2F)cc(Br)c1OCC(=O)Nc1ccccc1. The van der Waals surface area contributed by atoms with Gasteiger partial charge in [0.25, 0.3) is 5.91 Å². The van der Waals surface area contributed by atoms with Crippen LogP contribution in [0.4, 0.5) is 10.1 Å². The fourth-order valence-corrected chi connectivity index (χ4v) is 3.41. The highest BCUT2D eigenvalue weighted by Crippen LogP contribution is 2.37. The van der Waals surface area contributed by atoms with Crippen LogP contribution in [0.2, 0.25) is 0 Å². The summed E-state index contributed by atoms with van der Waals surface area (Å²) in [7, 11) is 1.47. The van der Waals surface area contributed by atoms with E-state index in [1.165, 1.54) is 13.2 Å². The summed E-state index contributed by atoms with van der Waals surface area (Å²) in [6, 6.07) is 20.5. The Morgan fingerprint density at radius 2 is 1.87 bits per heavy atom. The summed E-state index contributed by atoms with van der Waals surface area (Å²) in [5.74, 6) is -0.104. The van der Waals surface area contributed by atoms with E-state index in [0.29, 0.717) is 27.2 Å². The molecule has 3 aromatic carbocycles. The van der Waals surface area contributed by atoms with Crippen molar-refractivity contribution in [3.8, 4) is 17.6 Å². The van der Waals surface area contributed by atoms with Gasteiger partial charge in [0.05, 0.1) is 23.2 Å². The van der Waals surface area contributed by atoms with Crippen molar-refractivity contribution in [3.63, 3.8) is 0 Å². The second kappa shape index (κ2) is 10.4. The molecule has 0 aromatic heterocycles. The number of hydrogen-bond acceptors (Lipinski definition) is 4. The smallest absolute Gasteiger partial charge is 0.262 e. The minimum Gasteiger partial charge on any atom is -0.493 e. The van der Waals surface area contributed by atoms with Gasteiger partial charge in [-0.2, -0.15) is 5.26 Å². The first-order valence-corrected chi connectivity index (χ1v) is 10.0. The normalized spacial score (nSPS) is 10.8. The lowest BCUT2D eigenvalue weighted by molar-refractivity contribution is -0.118. The van der Waals surface area contributed by atoms with Gasteiger partial charge in [-0.3, -0.25) is 4.79 Å². The predicted molar refractivity (Wildman–Crippen MR) is 121 cm³/mol. The third kappa shape index (κ3) is 5.71. The first kappa shape index (κ1) is 22.1. The van der Waals surface area contributed by atoms with Crippen LogP contribution in [0.1, 0.15) is 11.1 Å². The van der Waals surface area contributed by atoms with E-state index in [-0.39, 0.29) is 23.7 Å². The summed E-state index contributed by atoms with van der Waals surface area (Å²) in [4.78, 5) is 12.2. The molecule has 3 aromatic rings. The number of nitrogens with zero attached hydrogens (tertiary/aromatic N) is 1. The van der Waals surface area contributed by atoms with Crippen LogP contribution >= 0.6 is 15.9 Å². The fraction of sp³-hybridized carbons (Fsp3) is 0.0833. The lowest BCUT2D eigenvalue weighted by atomic mass is 10.0. The zero-order valence-electron chi connectivity index (χ0n) is 16.6. The van der Waals surface area contributed by atoms with Gasteiger partial charge in [0.2, 0.25) is 0 Å². The lowest BCUT2D eigenvalue weighted by Crippen LogP contribution is -2.20. The van der Waals surface area contributed by atoms with Crippen molar-refractivity contribution in [1.82, 2.24) is 0 Å². The van der Waals surface area contributed by atoms with Gasteiger partial charge in [0, 0.05) is 11.3 Å². The van der Waals surface area contributed by atoms with Crippen LogP contribution in [0, 0.1) is 17.1 Å².